The molecule has 3 N–H and O–H groups in total. The van der Waals surface area contributed by atoms with Crippen LogP contribution in [0.5, 0.6) is 0 Å². The van der Waals surface area contributed by atoms with Crippen molar-refractivity contribution in [2.75, 3.05) is 5.73 Å². The van der Waals surface area contributed by atoms with Gasteiger partial charge in [0.2, 0.25) is 0 Å². The molecule has 1 saturated carbocycles. The van der Waals surface area contributed by atoms with Crippen molar-refractivity contribution in [3.05, 3.63) is 29.8 Å². The van der Waals surface area contributed by atoms with Crippen LogP contribution in [0.3, 0.4) is 0 Å². The molecule has 0 aromatic heterocycles. The van der Waals surface area contributed by atoms with Gasteiger partial charge < -0.3 is 10.8 Å². The maximum atomic E-state index is 11.1. The maximum Gasteiger partial charge on any atom is 0.310 e. The SMILES string of the molecule is Nc1ccc([C@@H](CC2CC2)C(=O)O)cc1. The summed E-state index contributed by atoms with van der Waals surface area (Å²) in [4.78, 5) is 11.1. The van der Waals surface area contributed by atoms with Crippen LogP contribution >= 0.6 is 0 Å². The number of anilines is 1. The van der Waals surface area contributed by atoms with E-state index < -0.39 is 5.97 Å². The Morgan fingerprint density at radius 2 is 2.00 bits per heavy atom. The van der Waals surface area contributed by atoms with Gasteiger partial charge in [0.1, 0.15) is 0 Å². The van der Waals surface area contributed by atoms with Gasteiger partial charge in [-0.3, -0.25) is 4.79 Å². The highest BCUT2D eigenvalue weighted by Crippen LogP contribution is 2.38. The molecule has 1 fully saturated rings. The minimum Gasteiger partial charge on any atom is -0.481 e. The van der Waals surface area contributed by atoms with Crippen molar-refractivity contribution in [1.29, 1.82) is 0 Å². The van der Waals surface area contributed by atoms with E-state index in [0.717, 1.165) is 12.0 Å². The number of aliphatic carboxylic acids is 1. The quantitative estimate of drug-likeness (QED) is 0.741. The molecule has 0 bridgehead atoms. The molecular formula is C12H15NO2. The Hall–Kier alpha value is -1.51. The van der Waals surface area contributed by atoms with Crippen molar-refractivity contribution in [3.8, 4) is 0 Å². The van der Waals surface area contributed by atoms with Crippen molar-refractivity contribution >= 4 is 11.7 Å². The van der Waals surface area contributed by atoms with E-state index in [2.05, 4.69) is 0 Å². The van der Waals surface area contributed by atoms with Gasteiger partial charge in [-0.05, 0) is 30.0 Å². The summed E-state index contributed by atoms with van der Waals surface area (Å²) in [5.74, 6) is -0.478. The highest BCUT2D eigenvalue weighted by atomic mass is 16.4. The van der Waals surface area contributed by atoms with Crippen molar-refractivity contribution in [2.45, 2.75) is 25.2 Å². The highest BCUT2D eigenvalue weighted by molar-refractivity contribution is 5.76. The maximum absolute atomic E-state index is 11.1. The number of hydrogen-bond donors (Lipinski definition) is 2. The van der Waals surface area contributed by atoms with Crippen LogP contribution in [0.4, 0.5) is 5.69 Å². The Kier molecular flexibility index (Phi) is 2.62. The van der Waals surface area contributed by atoms with E-state index in [-0.39, 0.29) is 5.92 Å². The first-order chi connectivity index (χ1) is 7.16. The van der Waals surface area contributed by atoms with E-state index >= 15 is 0 Å². The zero-order chi connectivity index (χ0) is 10.8. The Balaban J connectivity index is 2.15. The zero-order valence-electron chi connectivity index (χ0n) is 8.52. The average molecular weight is 205 g/mol. The lowest BCUT2D eigenvalue weighted by atomic mass is 9.93. The molecule has 80 valence electrons. The Morgan fingerprint density at radius 1 is 1.40 bits per heavy atom. The summed E-state index contributed by atoms with van der Waals surface area (Å²) >= 11 is 0. The molecule has 2 rings (SSSR count). The van der Waals surface area contributed by atoms with E-state index in [1.54, 1.807) is 12.1 Å². The van der Waals surface area contributed by atoms with Crippen molar-refractivity contribution in [1.82, 2.24) is 0 Å². The molecule has 0 spiro atoms. The number of carbonyl (C=O) groups is 1. The second kappa shape index (κ2) is 3.93. The third-order valence-corrected chi connectivity index (χ3v) is 2.90. The number of rotatable bonds is 4. The largest absolute Gasteiger partial charge is 0.481 e. The average Bonchev–Trinajstić information content (AvgIpc) is 2.99. The van der Waals surface area contributed by atoms with Crippen LogP contribution in [0.25, 0.3) is 0 Å². The van der Waals surface area contributed by atoms with Gasteiger partial charge in [-0.2, -0.15) is 0 Å². The zero-order valence-corrected chi connectivity index (χ0v) is 8.52. The molecule has 0 amide bonds. The van der Waals surface area contributed by atoms with Gasteiger partial charge in [-0.1, -0.05) is 25.0 Å². The van der Waals surface area contributed by atoms with Gasteiger partial charge in [-0.25, -0.2) is 0 Å². The van der Waals surface area contributed by atoms with Crippen molar-refractivity contribution in [3.63, 3.8) is 0 Å². The number of carboxylic acid groups (broad SMARTS) is 1. The number of nitrogen functional groups attached to an aromatic ring is 1. The van der Waals surface area contributed by atoms with E-state index in [1.165, 1.54) is 12.8 Å². The molecule has 15 heavy (non-hydrogen) atoms. The van der Waals surface area contributed by atoms with Gasteiger partial charge >= 0.3 is 5.97 Å². The first kappa shape index (κ1) is 10.0. The van der Waals surface area contributed by atoms with Crippen molar-refractivity contribution < 1.29 is 9.90 Å². The second-order valence-corrected chi connectivity index (χ2v) is 4.24. The molecule has 3 heteroatoms. The molecule has 0 heterocycles. The number of hydrogen-bond acceptors (Lipinski definition) is 2. The van der Waals surface area contributed by atoms with Crippen LogP contribution in [0.15, 0.2) is 24.3 Å². The van der Waals surface area contributed by atoms with E-state index in [1.807, 2.05) is 12.1 Å². The monoisotopic (exact) mass is 205 g/mol. The first-order valence-electron chi connectivity index (χ1n) is 5.25. The second-order valence-electron chi connectivity index (χ2n) is 4.24. The molecule has 3 nitrogen and oxygen atoms in total. The van der Waals surface area contributed by atoms with Crippen LogP contribution in [0.2, 0.25) is 0 Å². The third kappa shape index (κ3) is 2.49. The minimum atomic E-state index is -0.730. The molecule has 0 aliphatic heterocycles. The fraction of sp³-hybridized carbons (Fsp3) is 0.417. The van der Waals surface area contributed by atoms with Gasteiger partial charge in [0, 0.05) is 5.69 Å². The Morgan fingerprint density at radius 3 is 2.47 bits per heavy atom. The molecular weight excluding hydrogens is 190 g/mol. The van der Waals surface area contributed by atoms with Crippen LogP contribution in [-0.4, -0.2) is 11.1 Å². The minimum absolute atomic E-state index is 0.363. The molecule has 1 aromatic carbocycles. The van der Waals surface area contributed by atoms with Crippen molar-refractivity contribution in [2.24, 2.45) is 5.92 Å². The highest BCUT2D eigenvalue weighted by Gasteiger charge is 2.30. The van der Waals surface area contributed by atoms with Crippen LogP contribution in [0, 0.1) is 5.92 Å². The molecule has 0 saturated heterocycles. The van der Waals surface area contributed by atoms with Crippen LogP contribution in [-0.2, 0) is 4.79 Å². The normalized spacial score (nSPS) is 17.3. The Labute approximate surface area is 88.9 Å². The number of benzene rings is 1. The van der Waals surface area contributed by atoms with Gasteiger partial charge in [0.05, 0.1) is 5.92 Å². The van der Waals surface area contributed by atoms with Crippen LogP contribution < -0.4 is 5.73 Å². The molecule has 0 unspecified atom stereocenters. The smallest absolute Gasteiger partial charge is 0.310 e. The molecule has 0 radical (unpaired) electrons. The molecule has 1 atom stereocenters. The summed E-state index contributed by atoms with van der Waals surface area (Å²) in [6.07, 6.45) is 3.12. The van der Waals surface area contributed by atoms with E-state index in [0.29, 0.717) is 11.6 Å². The summed E-state index contributed by atoms with van der Waals surface area (Å²) in [7, 11) is 0. The predicted molar refractivity (Wildman–Crippen MR) is 58.6 cm³/mol. The topological polar surface area (TPSA) is 63.3 Å². The summed E-state index contributed by atoms with van der Waals surface area (Å²) < 4.78 is 0. The lowest BCUT2D eigenvalue weighted by molar-refractivity contribution is -0.139. The molecule has 1 aromatic rings. The predicted octanol–water partition coefficient (Wildman–Crippen LogP) is 2.24. The molecule has 1 aliphatic carbocycles. The van der Waals surface area contributed by atoms with E-state index in [9.17, 15) is 4.79 Å². The van der Waals surface area contributed by atoms with Crippen LogP contribution in [0.1, 0.15) is 30.7 Å². The number of nitrogens with two attached hydrogens (primary N) is 1. The fourth-order valence-electron chi connectivity index (χ4n) is 1.79. The lowest BCUT2D eigenvalue weighted by Crippen LogP contribution is -2.12. The number of carboxylic acids is 1. The van der Waals surface area contributed by atoms with Gasteiger partial charge in [0.25, 0.3) is 0 Å². The summed E-state index contributed by atoms with van der Waals surface area (Å²) in [5, 5.41) is 9.14. The summed E-state index contributed by atoms with van der Waals surface area (Å²) in [5.41, 5.74) is 7.11. The fourth-order valence-corrected chi connectivity index (χ4v) is 1.79. The van der Waals surface area contributed by atoms with E-state index in [4.69, 9.17) is 10.8 Å². The van der Waals surface area contributed by atoms with Gasteiger partial charge in [0.15, 0.2) is 0 Å². The Bertz CT molecular complexity index is 354. The lowest BCUT2D eigenvalue weighted by Gasteiger charge is -2.12. The standard InChI is InChI=1S/C12H15NO2/c13-10-5-3-9(4-6-10)11(12(14)15)7-8-1-2-8/h3-6,8,11H,1-2,7,13H2,(H,14,15)/t11-/m1/s1. The summed E-state index contributed by atoms with van der Waals surface area (Å²) in [6, 6.07) is 7.16. The summed E-state index contributed by atoms with van der Waals surface area (Å²) in [6.45, 7) is 0. The third-order valence-electron chi connectivity index (χ3n) is 2.90. The van der Waals surface area contributed by atoms with Gasteiger partial charge in [-0.15, -0.1) is 0 Å². The first-order valence-corrected chi connectivity index (χ1v) is 5.25. The molecule has 1 aliphatic rings.